The molecule has 1 aliphatic rings. The predicted molar refractivity (Wildman–Crippen MR) is 80.8 cm³/mol. The van der Waals surface area contributed by atoms with E-state index in [4.69, 9.17) is 0 Å². The SMILES string of the molecule is Cc1nn(C)c(C)c1CCC(=O)N(C)[C@H]1CCS(=O)(=O)C1. The summed E-state index contributed by atoms with van der Waals surface area (Å²) in [6, 6.07) is -0.168. The zero-order valence-electron chi connectivity index (χ0n) is 13.1. The van der Waals surface area contributed by atoms with Crippen LogP contribution < -0.4 is 0 Å². The minimum atomic E-state index is -2.96. The fourth-order valence-corrected chi connectivity index (χ4v) is 4.65. The van der Waals surface area contributed by atoms with Gasteiger partial charge in [0.25, 0.3) is 0 Å². The lowest BCUT2D eigenvalue weighted by Crippen LogP contribution is -2.37. The maximum atomic E-state index is 12.2. The van der Waals surface area contributed by atoms with Gasteiger partial charge in [0.1, 0.15) is 0 Å². The topological polar surface area (TPSA) is 72.3 Å². The molecule has 0 aromatic carbocycles. The summed E-state index contributed by atoms with van der Waals surface area (Å²) in [7, 11) is 0.639. The molecule has 7 heteroatoms. The van der Waals surface area contributed by atoms with Gasteiger partial charge in [0.15, 0.2) is 9.84 Å². The molecule has 2 heterocycles. The third kappa shape index (κ3) is 3.45. The lowest BCUT2D eigenvalue weighted by atomic mass is 10.1. The van der Waals surface area contributed by atoms with Crippen molar-refractivity contribution in [1.29, 1.82) is 0 Å². The summed E-state index contributed by atoms with van der Waals surface area (Å²) in [6.07, 6.45) is 1.59. The predicted octanol–water partition coefficient (Wildman–Crippen LogP) is 0.615. The van der Waals surface area contributed by atoms with Crippen molar-refractivity contribution < 1.29 is 13.2 Å². The summed E-state index contributed by atoms with van der Waals surface area (Å²) in [6.45, 7) is 3.94. The van der Waals surface area contributed by atoms with Crippen LogP contribution in [0.15, 0.2) is 0 Å². The van der Waals surface area contributed by atoms with Gasteiger partial charge in [0, 0.05) is 32.3 Å². The highest BCUT2D eigenvalue weighted by Gasteiger charge is 2.32. The molecule has 1 aromatic rings. The maximum absolute atomic E-state index is 12.2. The van der Waals surface area contributed by atoms with Crippen molar-refractivity contribution in [3.05, 3.63) is 17.0 Å². The van der Waals surface area contributed by atoms with Crippen LogP contribution in [-0.2, 0) is 28.1 Å². The number of carbonyl (C=O) groups excluding carboxylic acids is 1. The van der Waals surface area contributed by atoms with Crippen molar-refractivity contribution in [2.45, 2.75) is 39.2 Å². The number of rotatable bonds is 4. The highest BCUT2D eigenvalue weighted by Crippen LogP contribution is 2.19. The van der Waals surface area contributed by atoms with Crippen molar-refractivity contribution in [2.75, 3.05) is 18.6 Å². The van der Waals surface area contributed by atoms with E-state index in [0.29, 0.717) is 19.3 Å². The van der Waals surface area contributed by atoms with E-state index < -0.39 is 9.84 Å². The molecular weight excluding hydrogens is 290 g/mol. The molecule has 0 saturated carbocycles. The number of nitrogens with zero attached hydrogens (tertiary/aromatic N) is 3. The Hall–Kier alpha value is -1.37. The molecule has 0 N–H and O–H groups in total. The smallest absolute Gasteiger partial charge is 0.222 e. The molecule has 1 atom stereocenters. The number of hydrogen-bond acceptors (Lipinski definition) is 4. The molecule has 0 spiro atoms. The molecule has 21 heavy (non-hydrogen) atoms. The van der Waals surface area contributed by atoms with Crippen molar-refractivity contribution in [1.82, 2.24) is 14.7 Å². The van der Waals surface area contributed by atoms with Crippen LogP contribution in [0.3, 0.4) is 0 Å². The summed E-state index contributed by atoms with van der Waals surface area (Å²) >= 11 is 0. The molecule has 2 rings (SSSR count). The average Bonchev–Trinajstić information content (AvgIpc) is 2.87. The zero-order chi connectivity index (χ0) is 15.8. The van der Waals surface area contributed by atoms with Crippen LogP contribution in [0.5, 0.6) is 0 Å². The second-order valence-electron chi connectivity index (χ2n) is 5.83. The van der Waals surface area contributed by atoms with Crippen LogP contribution in [0, 0.1) is 13.8 Å². The van der Waals surface area contributed by atoms with Gasteiger partial charge >= 0.3 is 0 Å². The summed E-state index contributed by atoms with van der Waals surface area (Å²) in [5.74, 6) is 0.288. The Balaban J connectivity index is 1.96. The lowest BCUT2D eigenvalue weighted by Gasteiger charge is -2.23. The summed E-state index contributed by atoms with van der Waals surface area (Å²) in [5, 5.41) is 4.34. The summed E-state index contributed by atoms with van der Waals surface area (Å²) in [5.41, 5.74) is 3.14. The Labute approximate surface area is 126 Å². The number of aromatic nitrogens is 2. The maximum Gasteiger partial charge on any atom is 0.222 e. The third-order valence-electron chi connectivity index (χ3n) is 4.40. The molecule has 1 aromatic heterocycles. The number of hydrogen-bond donors (Lipinski definition) is 0. The van der Waals surface area contributed by atoms with Crippen LogP contribution in [0.4, 0.5) is 0 Å². The van der Waals surface area contributed by atoms with E-state index in [-0.39, 0.29) is 23.5 Å². The average molecular weight is 313 g/mol. The third-order valence-corrected chi connectivity index (χ3v) is 6.15. The van der Waals surface area contributed by atoms with Crippen molar-refractivity contribution in [3.8, 4) is 0 Å². The van der Waals surface area contributed by atoms with Crippen LogP contribution in [0.1, 0.15) is 29.8 Å². The van der Waals surface area contributed by atoms with Crippen LogP contribution in [-0.4, -0.2) is 53.6 Å². The lowest BCUT2D eigenvalue weighted by molar-refractivity contribution is -0.131. The highest BCUT2D eigenvalue weighted by atomic mass is 32.2. The van der Waals surface area contributed by atoms with Gasteiger partial charge in [-0.1, -0.05) is 0 Å². The van der Waals surface area contributed by atoms with Gasteiger partial charge in [-0.2, -0.15) is 5.10 Å². The van der Waals surface area contributed by atoms with Gasteiger partial charge in [-0.15, -0.1) is 0 Å². The second kappa shape index (κ2) is 5.79. The summed E-state index contributed by atoms with van der Waals surface area (Å²) < 4.78 is 24.8. The van der Waals surface area contributed by atoms with Crippen molar-refractivity contribution in [2.24, 2.45) is 7.05 Å². The quantitative estimate of drug-likeness (QED) is 0.817. The van der Waals surface area contributed by atoms with Gasteiger partial charge in [-0.3, -0.25) is 9.48 Å². The normalized spacial score (nSPS) is 20.7. The van der Waals surface area contributed by atoms with E-state index in [9.17, 15) is 13.2 Å². The minimum Gasteiger partial charge on any atom is -0.342 e. The van der Waals surface area contributed by atoms with E-state index in [0.717, 1.165) is 17.0 Å². The van der Waals surface area contributed by atoms with Gasteiger partial charge < -0.3 is 4.90 Å². The number of aryl methyl sites for hydroxylation is 2. The Morgan fingerprint density at radius 2 is 2.10 bits per heavy atom. The fourth-order valence-electron chi connectivity index (χ4n) is 2.87. The molecule has 1 amide bonds. The molecule has 0 bridgehead atoms. The molecule has 118 valence electrons. The van der Waals surface area contributed by atoms with Crippen molar-refractivity contribution >= 4 is 15.7 Å². The van der Waals surface area contributed by atoms with E-state index in [1.165, 1.54) is 0 Å². The molecular formula is C14H23N3O3S. The second-order valence-corrected chi connectivity index (χ2v) is 8.06. The minimum absolute atomic E-state index is 0.000229. The molecule has 0 aliphatic carbocycles. The Kier molecular flexibility index (Phi) is 4.41. The van der Waals surface area contributed by atoms with Crippen LogP contribution >= 0.6 is 0 Å². The first-order valence-corrected chi connectivity index (χ1v) is 8.98. The van der Waals surface area contributed by atoms with Crippen LogP contribution in [0.2, 0.25) is 0 Å². The van der Waals surface area contributed by atoms with E-state index in [1.807, 2.05) is 25.6 Å². The molecule has 1 fully saturated rings. The first kappa shape index (κ1) is 16.0. The first-order chi connectivity index (χ1) is 9.71. The van der Waals surface area contributed by atoms with E-state index in [2.05, 4.69) is 5.10 Å². The van der Waals surface area contributed by atoms with Gasteiger partial charge in [-0.05, 0) is 32.3 Å². The number of carbonyl (C=O) groups is 1. The van der Waals surface area contributed by atoms with Crippen LogP contribution in [0.25, 0.3) is 0 Å². The molecule has 0 radical (unpaired) electrons. The monoisotopic (exact) mass is 313 g/mol. The standard InChI is InChI=1S/C14H23N3O3S/c1-10-13(11(2)17(4)15-10)5-6-14(18)16(3)12-7-8-21(19,20)9-12/h12H,5-9H2,1-4H3/t12-/m0/s1. The Morgan fingerprint density at radius 1 is 1.43 bits per heavy atom. The van der Waals surface area contributed by atoms with E-state index >= 15 is 0 Å². The fraction of sp³-hybridized carbons (Fsp3) is 0.714. The molecule has 1 aliphatic heterocycles. The number of sulfone groups is 1. The number of amides is 1. The van der Waals surface area contributed by atoms with Crippen molar-refractivity contribution in [3.63, 3.8) is 0 Å². The van der Waals surface area contributed by atoms with Gasteiger partial charge in [0.05, 0.1) is 17.2 Å². The Bertz CT molecular complexity index is 649. The zero-order valence-corrected chi connectivity index (χ0v) is 13.9. The summed E-state index contributed by atoms with van der Waals surface area (Å²) in [4.78, 5) is 13.9. The highest BCUT2D eigenvalue weighted by molar-refractivity contribution is 7.91. The molecule has 1 saturated heterocycles. The first-order valence-electron chi connectivity index (χ1n) is 7.16. The van der Waals surface area contributed by atoms with Gasteiger partial charge in [0.2, 0.25) is 5.91 Å². The van der Waals surface area contributed by atoms with Gasteiger partial charge in [-0.25, -0.2) is 8.42 Å². The Morgan fingerprint density at radius 3 is 2.57 bits per heavy atom. The molecule has 6 nitrogen and oxygen atoms in total. The largest absolute Gasteiger partial charge is 0.342 e. The molecule has 0 unspecified atom stereocenters. The van der Waals surface area contributed by atoms with E-state index in [1.54, 1.807) is 11.9 Å².